The number of fused-ring (bicyclic) bond motifs is 12. The molecule has 0 unspecified atom stereocenters. The SMILES string of the molecule is [C-]#[N+]c1cccc(-n2c3ccccc3c3cc(-n4c5ccccc5c5ccccc54)ccc32)c1-c1cc(-c2cc(C(F)(F)F)cc(C(F)(F)F)c2)ccc1-n1c2ccccc2c2cc(-n3c4ccccc4c4ccccc43)ccc21. The first-order valence-corrected chi connectivity index (χ1v) is 25.9. The predicted octanol–water partition coefficient (Wildman–Crippen LogP) is 20.0. The third-order valence-electron chi connectivity index (χ3n) is 15.8. The summed E-state index contributed by atoms with van der Waals surface area (Å²) in [5.41, 5.74) is 8.43. The Morgan fingerprint density at radius 3 is 1.09 bits per heavy atom. The molecule has 0 amide bonds. The van der Waals surface area contributed by atoms with E-state index >= 15 is 0 Å². The van der Waals surface area contributed by atoms with Gasteiger partial charge < -0.3 is 18.3 Å². The van der Waals surface area contributed by atoms with E-state index in [9.17, 15) is 26.3 Å². The summed E-state index contributed by atoms with van der Waals surface area (Å²) in [6.45, 7) is 8.80. The Labute approximate surface area is 452 Å². The van der Waals surface area contributed by atoms with Gasteiger partial charge in [-0.1, -0.05) is 127 Å². The van der Waals surface area contributed by atoms with Gasteiger partial charge in [0, 0.05) is 65.7 Å². The smallest absolute Gasteiger partial charge is 0.310 e. The van der Waals surface area contributed by atoms with Gasteiger partial charge in [-0.3, -0.25) is 0 Å². The van der Waals surface area contributed by atoms with E-state index in [1.807, 2.05) is 103 Å². The van der Waals surface area contributed by atoms with Crippen LogP contribution in [0.15, 0.2) is 237 Å². The number of halogens is 6. The Balaban J connectivity index is 1.02. The number of hydrogen-bond donors (Lipinski definition) is 0. The topological polar surface area (TPSA) is 24.1 Å². The van der Waals surface area contributed by atoms with E-state index in [1.54, 1.807) is 24.3 Å². The summed E-state index contributed by atoms with van der Waals surface area (Å²) in [5.74, 6) is 0. The van der Waals surface area contributed by atoms with Crippen LogP contribution in [-0.2, 0) is 12.4 Å². The molecular formula is C69H39F6N5. The second-order valence-electron chi connectivity index (χ2n) is 20.2. The van der Waals surface area contributed by atoms with Crippen molar-refractivity contribution in [2.45, 2.75) is 12.4 Å². The first-order valence-electron chi connectivity index (χ1n) is 25.9. The number of rotatable bonds is 6. The summed E-state index contributed by atoms with van der Waals surface area (Å²) >= 11 is 0. The largest absolute Gasteiger partial charge is 0.416 e. The number of para-hydroxylation sites is 6. The highest BCUT2D eigenvalue weighted by molar-refractivity contribution is 6.15. The lowest BCUT2D eigenvalue weighted by molar-refractivity contribution is -0.143. The molecule has 0 aliphatic rings. The molecule has 0 saturated heterocycles. The van der Waals surface area contributed by atoms with Gasteiger partial charge in [-0.05, 0) is 126 Å². The molecule has 15 rings (SSSR count). The van der Waals surface area contributed by atoms with Gasteiger partial charge in [-0.25, -0.2) is 4.85 Å². The average molecular weight is 1050 g/mol. The second kappa shape index (κ2) is 17.3. The van der Waals surface area contributed by atoms with Gasteiger partial charge in [0.1, 0.15) is 0 Å². The Hall–Kier alpha value is -10.3. The molecule has 0 radical (unpaired) electrons. The number of hydrogen-bond acceptors (Lipinski definition) is 0. The van der Waals surface area contributed by atoms with Crippen LogP contribution >= 0.6 is 0 Å². The highest BCUT2D eigenvalue weighted by Crippen LogP contribution is 2.48. The maximum atomic E-state index is 14.6. The lowest BCUT2D eigenvalue weighted by Gasteiger charge is -2.21. The van der Waals surface area contributed by atoms with Crippen LogP contribution in [0.5, 0.6) is 0 Å². The van der Waals surface area contributed by atoms with E-state index < -0.39 is 23.5 Å². The molecule has 15 aromatic rings. The minimum absolute atomic E-state index is 0.0959. The van der Waals surface area contributed by atoms with Crippen LogP contribution < -0.4 is 0 Å². The van der Waals surface area contributed by atoms with Crippen LogP contribution in [0.1, 0.15) is 11.1 Å². The van der Waals surface area contributed by atoms with Gasteiger partial charge in [-0.15, -0.1) is 0 Å². The molecule has 11 aromatic carbocycles. The summed E-state index contributed by atoms with van der Waals surface area (Å²) in [4.78, 5) is 4.14. The summed E-state index contributed by atoms with van der Waals surface area (Å²) < 4.78 is 96.4. The predicted molar refractivity (Wildman–Crippen MR) is 311 cm³/mol. The number of aromatic nitrogens is 4. The maximum Gasteiger partial charge on any atom is 0.416 e. The molecule has 0 N–H and O–H groups in total. The van der Waals surface area contributed by atoms with Gasteiger partial charge in [0.25, 0.3) is 0 Å². The normalized spacial score (nSPS) is 12.4. The third kappa shape index (κ3) is 7.05. The number of nitrogens with zero attached hydrogens (tertiary/aromatic N) is 5. The number of benzene rings is 11. The highest BCUT2D eigenvalue weighted by Gasteiger charge is 2.37. The molecule has 11 heteroatoms. The van der Waals surface area contributed by atoms with Crippen LogP contribution in [0, 0.1) is 6.57 Å². The van der Waals surface area contributed by atoms with Crippen molar-refractivity contribution < 1.29 is 26.3 Å². The second-order valence-corrected chi connectivity index (χ2v) is 20.2. The molecule has 0 fully saturated rings. The van der Waals surface area contributed by atoms with Crippen molar-refractivity contribution >= 4 is 92.9 Å². The van der Waals surface area contributed by atoms with E-state index in [0.717, 1.165) is 111 Å². The Morgan fingerprint density at radius 2 is 0.675 bits per heavy atom. The maximum absolute atomic E-state index is 14.6. The van der Waals surface area contributed by atoms with Crippen molar-refractivity contribution in [2.75, 3.05) is 0 Å². The fourth-order valence-corrected chi connectivity index (χ4v) is 12.4. The van der Waals surface area contributed by atoms with Crippen LogP contribution in [0.25, 0.3) is 137 Å². The Bertz CT molecular complexity index is 5000. The van der Waals surface area contributed by atoms with Gasteiger partial charge in [-0.2, -0.15) is 26.3 Å². The minimum Gasteiger partial charge on any atom is -0.310 e. The fourth-order valence-electron chi connectivity index (χ4n) is 12.4. The van der Waals surface area contributed by atoms with Crippen molar-refractivity contribution in [3.05, 3.63) is 259 Å². The van der Waals surface area contributed by atoms with Crippen molar-refractivity contribution in [1.82, 2.24) is 18.3 Å². The first-order chi connectivity index (χ1) is 38.9. The summed E-state index contributed by atoms with van der Waals surface area (Å²) in [6.07, 6.45) is -10.2. The molecule has 80 heavy (non-hydrogen) atoms. The van der Waals surface area contributed by atoms with E-state index in [-0.39, 0.29) is 22.9 Å². The van der Waals surface area contributed by atoms with Gasteiger partial charge in [0.2, 0.25) is 0 Å². The quantitative estimate of drug-likeness (QED) is 0.117. The molecule has 4 aromatic heterocycles. The molecule has 4 heterocycles. The van der Waals surface area contributed by atoms with Crippen molar-refractivity contribution in [3.8, 4) is 45.0 Å². The van der Waals surface area contributed by atoms with E-state index in [0.29, 0.717) is 22.5 Å². The highest BCUT2D eigenvalue weighted by atomic mass is 19.4. The molecule has 0 aliphatic heterocycles. The van der Waals surface area contributed by atoms with E-state index in [4.69, 9.17) is 6.57 Å². The number of alkyl halides is 6. The summed E-state index contributed by atoms with van der Waals surface area (Å²) in [6, 6.07) is 73.8. The average Bonchev–Trinajstić information content (AvgIpc) is 4.31. The lowest BCUT2D eigenvalue weighted by Crippen LogP contribution is -2.11. The summed E-state index contributed by atoms with van der Waals surface area (Å²) in [7, 11) is 0. The minimum atomic E-state index is -5.08. The van der Waals surface area contributed by atoms with Gasteiger partial charge in [0.05, 0.1) is 67.5 Å². The van der Waals surface area contributed by atoms with Crippen LogP contribution in [-0.4, -0.2) is 18.3 Å². The van der Waals surface area contributed by atoms with Gasteiger partial charge >= 0.3 is 12.4 Å². The molecule has 0 spiro atoms. The standard InChI is InChI=1S/C69H39F6N5/c1-76-56-21-14-28-66(80-62-27-13-7-20-52(62)54-40-46(31-34-64(54)80)78-59-24-10-4-17-49(59)50-18-5-11-25-60(50)78)67(56)55-37-41(42-35-43(68(70,71)72)38-44(36-42)69(73,74)75)29-32-65(55)79-61-26-12-6-19-51(61)53-39-45(30-33-63(53)79)77-57-22-8-2-15-47(57)48-16-3-9-23-58(48)77/h2-40H. The zero-order valence-corrected chi connectivity index (χ0v) is 42.0. The van der Waals surface area contributed by atoms with Crippen LogP contribution in [0.4, 0.5) is 32.0 Å². The van der Waals surface area contributed by atoms with Gasteiger partial charge in [0.15, 0.2) is 5.69 Å². The molecular weight excluding hydrogens is 1010 g/mol. The summed E-state index contributed by atoms with van der Waals surface area (Å²) in [5, 5.41) is 8.14. The van der Waals surface area contributed by atoms with Crippen LogP contribution in [0.2, 0.25) is 0 Å². The molecule has 0 aliphatic carbocycles. The Morgan fingerprint density at radius 1 is 0.300 bits per heavy atom. The van der Waals surface area contributed by atoms with Crippen molar-refractivity contribution in [1.29, 1.82) is 0 Å². The van der Waals surface area contributed by atoms with Crippen molar-refractivity contribution in [2.24, 2.45) is 0 Å². The lowest BCUT2D eigenvalue weighted by atomic mass is 9.93. The molecule has 382 valence electrons. The molecule has 0 atom stereocenters. The molecule has 0 bridgehead atoms. The van der Waals surface area contributed by atoms with Crippen LogP contribution in [0.3, 0.4) is 0 Å². The zero-order chi connectivity index (χ0) is 54.2. The Kier molecular flexibility index (Phi) is 10.2. The molecule has 5 nitrogen and oxygen atoms in total. The zero-order valence-electron chi connectivity index (χ0n) is 42.0. The van der Waals surface area contributed by atoms with E-state index in [2.05, 4.69) is 114 Å². The first kappa shape index (κ1) is 46.9. The molecule has 0 saturated carbocycles. The monoisotopic (exact) mass is 1050 g/mol. The van der Waals surface area contributed by atoms with E-state index in [1.165, 1.54) is 0 Å². The van der Waals surface area contributed by atoms with Crippen molar-refractivity contribution in [3.63, 3.8) is 0 Å². The third-order valence-corrected chi connectivity index (χ3v) is 15.8. The fraction of sp³-hybridized carbons (Fsp3) is 0.0290.